The Balaban J connectivity index is 2.67. The Bertz CT molecular complexity index is 534. The van der Waals surface area contributed by atoms with E-state index in [2.05, 4.69) is 6.92 Å². The molecule has 2 nitrogen and oxygen atoms in total. The Morgan fingerprint density at radius 3 is 2.71 bits per heavy atom. The zero-order valence-electron chi connectivity index (χ0n) is 9.71. The zero-order valence-corrected chi connectivity index (χ0v) is 11.2. The number of hydrogen-bond donors (Lipinski definition) is 1. The third kappa shape index (κ3) is 2.17. The predicted molar refractivity (Wildman–Crippen MR) is 72.8 cm³/mol. The number of aryl methyl sites for hydroxylation is 1. The summed E-state index contributed by atoms with van der Waals surface area (Å²) in [5, 5.41) is 11.6. The normalized spacial score (nSPS) is 11.3. The van der Waals surface area contributed by atoms with Gasteiger partial charge in [-0.2, -0.15) is 0 Å². The summed E-state index contributed by atoms with van der Waals surface area (Å²) in [4.78, 5) is 0. The van der Waals surface area contributed by atoms with E-state index in [1.807, 2.05) is 22.8 Å². The van der Waals surface area contributed by atoms with Crippen molar-refractivity contribution in [3.63, 3.8) is 0 Å². The monoisotopic (exact) mass is 271 g/mol. The molecule has 0 atom stereocenters. The summed E-state index contributed by atoms with van der Waals surface area (Å²) in [7, 11) is 0. The smallest absolute Gasteiger partial charge is 0.115 e. The fourth-order valence-electron chi connectivity index (χ4n) is 2.08. The lowest BCUT2D eigenvalue weighted by Gasteiger charge is -2.07. The maximum absolute atomic E-state index is 9.41. The summed E-state index contributed by atoms with van der Waals surface area (Å²) >= 11 is 12.5. The number of unbranched alkanes of at least 4 members (excludes halogenated alkanes) is 1. The van der Waals surface area contributed by atoms with E-state index in [1.54, 1.807) is 0 Å². The summed E-state index contributed by atoms with van der Waals surface area (Å²) in [5.41, 5.74) is 1.69. The number of benzene rings is 1. The lowest BCUT2D eigenvalue weighted by molar-refractivity contribution is 0.283. The second-order valence-electron chi connectivity index (χ2n) is 4.07. The highest BCUT2D eigenvalue weighted by atomic mass is 35.5. The average molecular weight is 272 g/mol. The second kappa shape index (κ2) is 5.30. The van der Waals surface area contributed by atoms with Gasteiger partial charge in [0.1, 0.15) is 5.15 Å². The fourth-order valence-corrected chi connectivity index (χ4v) is 2.69. The van der Waals surface area contributed by atoms with E-state index in [1.165, 1.54) is 0 Å². The molecule has 0 spiro atoms. The van der Waals surface area contributed by atoms with Crippen molar-refractivity contribution in [3.8, 4) is 0 Å². The third-order valence-electron chi connectivity index (χ3n) is 2.96. The Labute approximate surface area is 111 Å². The van der Waals surface area contributed by atoms with Gasteiger partial charge < -0.3 is 9.67 Å². The first kappa shape index (κ1) is 12.7. The molecule has 0 saturated carbocycles. The highest BCUT2D eigenvalue weighted by molar-refractivity contribution is 6.37. The lowest BCUT2D eigenvalue weighted by Crippen LogP contribution is -1.98. The molecule has 0 saturated heterocycles. The van der Waals surface area contributed by atoms with Crippen molar-refractivity contribution < 1.29 is 5.11 Å². The van der Waals surface area contributed by atoms with Crippen LogP contribution in [0.3, 0.4) is 0 Å². The molecule has 0 aliphatic rings. The zero-order chi connectivity index (χ0) is 12.4. The number of hydrogen-bond acceptors (Lipinski definition) is 1. The molecule has 0 radical (unpaired) electrons. The number of nitrogens with zero attached hydrogens (tertiary/aromatic N) is 1. The van der Waals surface area contributed by atoms with E-state index in [0.717, 1.165) is 35.9 Å². The van der Waals surface area contributed by atoms with Crippen molar-refractivity contribution in [3.05, 3.63) is 33.9 Å². The third-order valence-corrected chi connectivity index (χ3v) is 3.70. The molecule has 0 unspecified atom stereocenters. The number of aromatic nitrogens is 1. The van der Waals surface area contributed by atoms with Crippen molar-refractivity contribution in [1.82, 2.24) is 4.57 Å². The van der Waals surface area contributed by atoms with Gasteiger partial charge in [-0.15, -0.1) is 0 Å². The largest absolute Gasteiger partial charge is 0.392 e. The minimum atomic E-state index is -0.0607. The Hall–Kier alpha value is -0.700. The van der Waals surface area contributed by atoms with Crippen LogP contribution in [-0.2, 0) is 13.2 Å². The van der Waals surface area contributed by atoms with Gasteiger partial charge in [0.05, 0.1) is 17.1 Å². The van der Waals surface area contributed by atoms with Gasteiger partial charge in [0, 0.05) is 17.5 Å². The van der Waals surface area contributed by atoms with Gasteiger partial charge in [0.2, 0.25) is 0 Å². The quantitative estimate of drug-likeness (QED) is 0.884. The molecule has 0 aliphatic carbocycles. The van der Waals surface area contributed by atoms with E-state index in [0.29, 0.717) is 10.2 Å². The molecule has 17 heavy (non-hydrogen) atoms. The molecular weight excluding hydrogens is 257 g/mol. The van der Waals surface area contributed by atoms with Crippen molar-refractivity contribution >= 4 is 34.1 Å². The van der Waals surface area contributed by atoms with Gasteiger partial charge in [-0.3, -0.25) is 0 Å². The lowest BCUT2D eigenvalue weighted by atomic mass is 10.2. The van der Waals surface area contributed by atoms with Crippen molar-refractivity contribution in [1.29, 1.82) is 0 Å². The number of halogens is 2. The number of fused-ring (bicyclic) bond motifs is 1. The van der Waals surface area contributed by atoms with Crippen LogP contribution < -0.4 is 0 Å². The van der Waals surface area contributed by atoms with Gasteiger partial charge in [-0.1, -0.05) is 48.7 Å². The first-order chi connectivity index (χ1) is 8.20. The van der Waals surface area contributed by atoms with E-state index in [9.17, 15) is 5.11 Å². The summed E-state index contributed by atoms with van der Waals surface area (Å²) < 4.78 is 1.99. The molecule has 1 heterocycles. The van der Waals surface area contributed by atoms with E-state index >= 15 is 0 Å². The van der Waals surface area contributed by atoms with Crippen LogP contribution in [0, 0.1) is 0 Å². The summed E-state index contributed by atoms with van der Waals surface area (Å²) in [6.45, 7) is 2.90. The predicted octanol–water partition coefficient (Wildman–Crippen LogP) is 4.24. The SMILES string of the molecule is CCCCn1c(Cl)c(CO)c2cccc(Cl)c21. The molecule has 4 heteroatoms. The van der Waals surface area contributed by atoms with Crippen LogP contribution in [0.5, 0.6) is 0 Å². The Kier molecular flexibility index (Phi) is 3.97. The number of aliphatic hydroxyl groups is 1. The molecule has 0 bridgehead atoms. The van der Waals surface area contributed by atoms with Crippen molar-refractivity contribution in [2.24, 2.45) is 0 Å². The molecule has 92 valence electrons. The van der Waals surface area contributed by atoms with Gasteiger partial charge >= 0.3 is 0 Å². The molecular formula is C13H15Cl2NO. The maximum Gasteiger partial charge on any atom is 0.115 e. The Morgan fingerprint density at radius 1 is 1.29 bits per heavy atom. The maximum atomic E-state index is 9.41. The van der Waals surface area contributed by atoms with Gasteiger partial charge in [0.25, 0.3) is 0 Å². The van der Waals surface area contributed by atoms with E-state index in [-0.39, 0.29) is 6.61 Å². The highest BCUT2D eigenvalue weighted by Crippen LogP contribution is 2.34. The van der Waals surface area contributed by atoms with Crippen LogP contribution in [0.4, 0.5) is 0 Å². The topological polar surface area (TPSA) is 25.2 Å². The van der Waals surface area contributed by atoms with Crippen LogP contribution >= 0.6 is 23.2 Å². The van der Waals surface area contributed by atoms with Crippen LogP contribution in [0.2, 0.25) is 10.2 Å². The summed E-state index contributed by atoms with van der Waals surface area (Å²) in [6, 6.07) is 5.68. The Morgan fingerprint density at radius 2 is 2.06 bits per heavy atom. The van der Waals surface area contributed by atoms with E-state index in [4.69, 9.17) is 23.2 Å². The number of rotatable bonds is 4. The van der Waals surface area contributed by atoms with Gasteiger partial charge in [-0.25, -0.2) is 0 Å². The minimum absolute atomic E-state index is 0.0607. The number of aliphatic hydroxyl groups excluding tert-OH is 1. The minimum Gasteiger partial charge on any atom is -0.392 e. The molecule has 0 fully saturated rings. The van der Waals surface area contributed by atoms with E-state index < -0.39 is 0 Å². The molecule has 0 amide bonds. The molecule has 2 aromatic rings. The molecule has 2 rings (SSSR count). The van der Waals surface area contributed by atoms with Crippen LogP contribution in [-0.4, -0.2) is 9.67 Å². The summed E-state index contributed by atoms with van der Waals surface area (Å²) in [5.74, 6) is 0. The number of para-hydroxylation sites is 1. The van der Waals surface area contributed by atoms with Crippen LogP contribution in [0.25, 0.3) is 10.9 Å². The summed E-state index contributed by atoms with van der Waals surface area (Å²) in [6.07, 6.45) is 2.13. The molecule has 1 aromatic heterocycles. The first-order valence-corrected chi connectivity index (χ1v) is 6.52. The first-order valence-electron chi connectivity index (χ1n) is 5.76. The molecule has 1 aromatic carbocycles. The van der Waals surface area contributed by atoms with Gasteiger partial charge in [-0.05, 0) is 12.5 Å². The van der Waals surface area contributed by atoms with Gasteiger partial charge in [0.15, 0.2) is 0 Å². The fraction of sp³-hybridized carbons (Fsp3) is 0.385. The standard InChI is InChI=1S/C13H15Cl2NO/c1-2-3-7-16-12-9(5-4-6-11(12)14)10(8-17)13(16)15/h4-6,17H,2-3,7-8H2,1H3. The molecule has 1 N–H and O–H groups in total. The highest BCUT2D eigenvalue weighted by Gasteiger charge is 2.16. The van der Waals surface area contributed by atoms with Crippen molar-refractivity contribution in [2.75, 3.05) is 0 Å². The average Bonchev–Trinajstić information content (AvgIpc) is 2.60. The second-order valence-corrected chi connectivity index (χ2v) is 4.83. The van der Waals surface area contributed by atoms with Crippen molar-refractivity contribution in [2.45, 2.75) is 32.9 Å². The van der Waals surface area contributed by atoms with Crippen LogP contribution in [0.15, 0.2) is 18.2 Å². The molecule has 0 aliphatic heterocycles. The van der Waals surface area contributed by atoms with Crippen LogP contribution in [0.1, 0.15) is 25.3 Å².